The fraction of sp³-hybridized carbons (Fsp3) is 0.204. The minimum absolute atomic E-state index is 0.110. The standard InChI is InChI=1S/C29H30N8O3.C25H24N8O/c1-5-25(38)34-19-11-12-30-23(13-19)22-8-6-7-18-14-32-27(36-26(18)22)35-20-9-10-24(31-15-20)33-21-16-37(17-21)28(39)40-29(2,3)4;1-3-23(34)30-17-9-10-26-21(11-17)20-6-4-5-16-12-28-25(32-24(16)20)31-18-7-8-22(27-13-18)29-19-14-33(2)15-19/h5-15,21H,1,16-17H2,2-4H3,(H,31,33)(H,30,34,38)(H,32,35,36);3-13,19H,1,14-15H2,2H3,(H,27,29)(H,26,30,34)(H,28,31,32). The van der Waals surface area contributed by atoms with Crippen molar-refractivity contribution in [3.63, 3.8) is 0 Å². The highest BCUT2D eigenvalue weighted by atomic mass is 16.6. The smallest absolute Gasteiger partial charge is 0.410 e. The van der Waals surface area contributed by atoms with Gasteiger partial charge in [-0.2, -0.15) is 0 Å². The Morgan fingerprint density at radius 3 is 1.49 bits per heavy atom. The van der Waals surface area contributed by atoms with Gasteiger partial charge in [-0.1, -0.05) is 49.6 Å². The van der Waals surface area contributed by atoms with Crippen molar-refractivity contribution < 1.29 is 19.1 Å². The van der Waals surface area contributed by atoms with Gasteiger partial charge in [-0.3, -0.25) is 19.6 Å². The lowest BCUT2D eigenvalue weighted by Gasteiger charge is -2.40. The van der Waals surface area contributed by atoms with E-state index in [1.165, 1.54) is 12.2 Å². The molecule has 0 bridgehead atoms. The molecule has 0 atom stereocenters. The zero-order chi connectivity index (χ0) is 51.8. The molecule has 2 aliphatic heterocycles. The van der Waals surface area contributed by atoms with Crippen LogP contribution in [0.25, 0.3) is 44.3 Å². The Kier molecular flexibility index (Phi) is 14.7. The van der Waals surface area contributed by atoms with Gasteiger partial charge in [0.1, 0.15) is 17.2 Å². The number of rotatable bonds is 14. The zero-order valence-corrected chi connectivity index (χ0v) is 41.2. The van der Waals surface area contributed by atoms with Crippen LogP contribution in [0.15, 0.2) is 147 Å². The average Bonchev–Trinajstić information content (AvgIpc) is 3.37. The molecule has 20 nitrogen and oxygen atoms in total. The number of para-hydroxylation sites is 2. The fourth-order valence-corrected chi connectivity index (χ4v) is 7.96. The van der Waals surface area contributed by atoms with Crippen molar-refractivity contribution in [3.8, 4) is 22.5 Å². The molecule has 0 radical (unpaired) electrons. The van der Waals surface area contributed by atoms with Gasteiger partial charge in [0.2, 0.25) is 23.7 Å². The van der Waals surface area contributed by atoms with Crippen molar-refractivity contribution in [1.29, 1.82) is 0 Å². The van der Waals surface area contributed by atoms with Crippen LogP contribution in [0, 0.1) is 0 Å². The van der Waals surface area contributed by atoms with Crippen molar-refractivity contribution in [2.45, 2.75) is 38.5 Å². The topological polar surface area (TPSA) is 242 Å². The van der Waals surface area contributed by atoms with Crippen LogP contribution in [-0.4, -0.2) is 118 Å². The third kappa shape index (κ3) is 12.5. The van der Waals surface area contributed by atoms with Crippen molar-refractivity contribution in [2.24, 2.45) is 0 Å². The maximum atomic E-state index is 12.1. The molecule has 0 saturated carbocycles. The molecule has 8 heterocycles. The first kappa shape index (κ1) is 49.5. The first-order chi connectivity index (χ1) is 35.7. The molecule has 2 aromatic carbocycles. The summed E-state index contributed by atoms with van der Waals surface area (Å²) >= 11 is 0. The van der Waals surface area contributed by atoms with Crippen LogP contribution in [-0.2, 0) is 14.3 Å². The second-order valence-electron chi connectivity index (χ2n) is 18.5. The van der Waals surface area contributed by atoms with Crippen LogP contribution in [0.5, 0.6) is 0 Å². The number of hydrogen-bond donors (Lipinski definition) is 6. The summed E-state index contributed by atoms with van der Waals surface area (Å²) in [5.74, 6) is 1.84. The van der Waals surface area contributed by atoms with Crippen LogP contribution in [0.1, 0.15) is 20.8 Å². The summed E-state index contributed by atoms with van der Waals surface area (Å²) in [7, 11) is 2.10. The molecule has 2 fully saturated rings. The number of hydrogen-bond acceptors (Lipinski definition) is 17. The Morgan fingerprint density at radius 2 is 1.07 bits per heavy atom. The number of carbonyl (C=O) groups is 3. The largest absolute Gasteiger partial charge is 0.444 e. The van der Waals surface area contributed by atoms with Gasteiger partial charge in [-0.25, -0.2) is 34.7 Å². The van der Waals surface area contributed by atoms with Crippen LogP contribution in [0.4, 0.5) is 51.1 Å². The molecule has 6 aromatic heterocycles. The quantitative estimate of drug-likeness (QED) is 0.0558. The molecule has 6 N–H and O–H groups in total. The van der Waals surface area contributed by atoms with Crippen molar-refractivity contribution in [1.82, 2.24) is 49.7 Å². The number of aromatic nitrogens is 8. The monoisotopic (exact) mass is 990 g/mol. The highest BCUT2D eigenvalue weighted by Gasteiger charge is 2.34. The van der Waals surface area contributed by atoms with Crippen LogP contribution in [0.2, 0.25) is 0 Å². The minimum atomic E-state index is -0.511. The first-order valence-corrected chi connectivity index (χ1v) is 23.7. The molecule has 0 aliphatic carbocycles. The molecule has 10 rings (SSSR count). The van der Waals surface area contributed by atoms with Gasteiger partial charge in [0.25, 0.3) is 0 Å². The molecular formula is C54H54N16O4. The highest BCUT2D eigenvalue weighted by Crippen LogP contribution is 2.31. The lowest BCUT2D eigenvalue weighted by molar-refractivity contribution is -0.112. The van der Waals surface area contributed by atoms with Gasteiger partial charge in [0.15, 0.2) is 0 Å². The molecule has 74 heavy (non-hydrogen) atoms. The number of amides is 3. The molecule has 8 aromatic rings. The third-order valence-electron chi connectivity index (χ3n) is 11.5. The number of likely N-dealkylation sites (tertiary alicyclic amines) is 2. The molecule has 0 spiro atoms. The van der Waals surface area contributed by atoms with E-state index in [4.69, 9.17) is 14.7 Å². The number of likely N-dealkylation sites (N-methyl/N-ethyl adjacent to an activating group) is 1. The summed E-state index contributed by atoms with van der Waals surface area (Å²) in [4.78, 5) is 75.7. The van der Waals surface area contributed by atoms with Gasteiger partial charge >= 0.3 is 6.09 Å². The van der Waals surface area contributed by atoms with Gasteiger partial charge in [0.05, 0.1) is 58.3 Å². The normalized spacial score (nSPS) is 13.5. The molecular weight excluding hydrogens is 937 g/mol. The number of benzene rings is 2. The van der Waals surface area contributed by atoms with Crippen LogP contribution < -0.4 is 31.9 Å². The molecule has 0 unspecified atom stereocenters. The number of ether oxygens (including phenoxy) is 1. The van der Waals surface area contributed by atoms with E-state index in [9.17, 15) is 14.4 Å². The van der Waals surface area contributed by atoms with E-state index in [0.29, 0.717) is 65.1 Å². The summed E-state index contributed by atoms with van der Waals surface area (Å²) in [5.41, 5.74) is 6.70. The Labute approximate surface area is 426 Å². The number of fused-ring (bicyclic) bond motifs is 2. The Hall–Kier alpha value is -9.43. The van der Waals surface area contributed by atoms with Crippen molar-refractivity contribution in [3.05, 3.63) is 147 Å². The molecule has 2 saturated heterocycles. The molecule has 374 valence electrons. The van der Waals surface area contributed by atoms with E-state index in [1.807, 2.05) is 81.4 Å². The van der Waals surface area contributed by atoms with Crippen LogP contribution in [0.3, 0.4) is 0 Å². The summed E-state index contributed by atoms with van der Waals surface area (Å²) in [6, 6.07) is 26.8. The van der Waals surface area contributed by atoms with Crippen LogP contribution >= 0.6 is 0 Å². The summed E-state index contributed by atoms with van der Waals surface area (Å²) in [6.07, 6.45) is 12.4. The van der Waals surface area contributed by atoms with Gasteiger partial charge in [-0.05, 0) is 88.5 Å². The second kappa shape index (κ2) is 21.9. The predicted octanol–water partition coefficient (Wildman–Crippen LogP) is 8.67. The number of anilines is 8. The number of nitrogens with one attached hydrogen (secondary N) is 6. The van der Waals surface area contributed by atoms with E-state index < -0.39 is 5.60 Å². The van der Waals surface area contributed by atoms with Crippen molar-refractivity contribution in [2.75, 3.05) is 65.1 Å². The molecule has 20 heteroatoms. The maximum absolute atomic E-state index is 12.1. The Balaban J connectivity index is 0.000000184. The summed E-state index contributed by atoms with van der Waals surface area (Å²) < 4.78 is 5.40. The number of pyridine rings is 4. The lowest BCUT2D eigenvalue weighted by Crippen LogP contribution is -2.58. The lowest BCUT2D eigenvalue weighted by atomic mass is 10.1. The number of carbonyl (C=O) groups excluding carboxylic acids is 3. The third-order valence-corrected chi connectivity index (χ3v) is 11.5. The minimum Gasteiger partial charge on any atom is -0.444 e. The Bertz CT molecular complexity index is 3360. The van der Waals surface area contributed by atoms with E-state index in [1.54, 1.807) is 66.3 Å². The zero-order valence-electron chi connectivity index (χ0n) is 41.2. The predicted molar refractivity (Wildman–Crippen MR) is 288 cm³/mol. The summed E-state index contributed by atoms with van der Waals surface area (Å²) in [6.45, 7) is 15.7. The van der Waals surface area contributed by atoms with Crippen molar-refractivity contribution >= 4 is 86.0 Å². The molecule has 3 amide bonds. The molecule has 2 aliphatic rings. The van der Waals surface area contributed by atoms with E-state index in [2.05, 4.69) is 86.9 Å². The maximum Gasteiger partial charge on any atom is 0.410 e. The Morgan fingerprint density at radius 1 is 0.595 bits per heavy atom. The van der Waals surface area contributed by atoms with E-state index in [-0.39, 0.29) is 23.9 Å². The second-order valence-corrected chi connectivity index (χ2v) is 18.5. The van der Waals surface area contributed by atoms with E-state index >= 15 is 0 Å². The fourth-order valence-electron chi connectivity index (χ4n) is 7.96. The average molecular weight is 991 g/mol. The van der Waals surface area contributed by atoms with E-state index in [0.717, 1.165) is 57.7 Å². The highest BCUT2D eigenvalue weighted by molar-refractivity contribution is 6.01. The van der Waals surface area contributed by atoms with Gasteiger partial charge in [-0.15, -0.1) is 0 Å². The number of nitrogens with zero attached hydrogens (tertiary/aromatic N) is 10. The SMILES string of the molecule is C=CC(=O)Nc1ccnc(-c2cccc3cnc(Nc4ccc(NC5CN(C(=O)OC(C)(C)C)C5)nc4)nc23)c1.C=CC(=O)Nc1ccnc(-c2cccc3cnc(Nc4ccc(NC5CN(C)C5)nc4)nc23)c1. The van der Waals surface area contributed by atoms with Gasteiger partial charge < -0.3 is 46.4 Å². The summed E-state index contributed by atoms with van der Waals surface area (Å²) in [5, 5.41) is 20.4. The van der Waals surface area contributed by atoms with Gasteiger partial charge in [0, 0.05) is 84.2 Å². The first-order valence-electron chi connectivity index (χ1n) is 23.7.